The van der Waals surface area contributed by atoms with Gasteiger partial charge >= 0.3 is 11.9 Å². The van der Waals surface area contributed by atoms with Gasteiger partial charge in [0.2, 0.25) is 0 Å². The molecule has 14 heterocycles. The molecule has 2 unspecified atom stereocenters. The Bertz CT molecular complexity index is 4560. The van der Waals surface area contributed by atoms with E-state index in [9.17, 15) is 29.9 Å². The fourth-order valence-electron chi connectivity index (χ4n) is 12.1. The zero-order chi connectivity index (χ0) is 59.5. The maximum absolute atomic E-state index is 13.8. The van der Waals surface area contributed by atoms with Crippen LogP contribution in [0.15, 0.2) is 47.3 Å². The van der Waals surface area contributed by atoms with Gasteiger partial charge in [-0.15, -0.1) is 79.4 Å². The third-order valence-electron chi connectivity index (χ3n) is 15.8. The molecule has 0 saturated heterocycles. The number of aliphatic carboxylic acids is 2. The van der Waals surface area contributed by atoms with E-state index in [0.29, 0.717) is 152 Å². The number of carboxylic acids is 2. The molecule has 2 N–H and O–H groups in total. The van der Waals surface area contributed by atoms with Gasteiger partial charge in [0.15, 0.2) is 74.6 Å². The number of aryl methyl sites for hydroxylation is 1. The van der Waals surface area contributed by atoms with Crippen molar-refractivity contribution in [3.8, 4) is 134 Å². The van der Waals surface area contributed by atoms with E-state index in [1.165, 1.54) is 62.7 Å². The second-order valence-electron chi connectivity index (χ2n) is 20.8. The molecule has 88 heavy (non-hydrogen) atoms. The Morgan fingerprint density at radius 3 is 1.38 bits per heavy atom. The van der Waals surface area contributed by atoms with Crippen molar-refractivity contribution in [1.82, 2.24) is 4.57 Å². The highest BCUT2D eigenvalue weighted by Gasteiger charge is 2.42. The van der Waals surface area contributed by atoms with Crippen LogP contribution < -0.4 is 76.5 Å². The van der Waals surface area contributed by atoms with Crippen molar-refractivity contribution >= 4 is 109 Å². The van der Waals surface area contributed by atoms with Gasteiger partial charge in [0.05, 0.1) is 69.1 Å². The van der Waals surface area contributed by atoms with E-state index in [0.717, 1.165) is 74.3 Å². The summed E-state index contributed by atoms with van der Waals surface area (Å²) in [4.78, 5) is 49.3. The number of hydrogen-bond acceptors (Lipinski definition) is 24. The number of rotatable bonds is 11. The van der Waals surface area contributed by atoms with Gasteiger partial charge < -0.3 is 72.0 Å². The average molecular weight is 1320 g/mol. The summed E-state index contributed by atoms with van der Waals surface area (Å²) in [5, 5.41) is 29.2. The van der Waals surface area contributed by atoms with E-state index in [1.807, 2.05) is 0 Å². The van der Waals surface area contributed by atoms with E-state index in [-0.39, 0.29) is 42.2 Å². The molecule has 7 aliphatic heterocycles. The number of thiazole rings is 1. The predicted molar refractivity (Wildman–Crippen MR) is 335 cm³/mol. The van der Waals surface area contributed by atoms with Crippen LogP contribution in [0.1, 0.15) is 23.8 Å². The van der Waals surface area contributed by atoms with Gasteiger partial charge in [0.1, 0.15) is 96.6 Å². The van der Waals surface area contributed by atoms with Crippen molar-refractivity contribution in [2.75, 3.05) is 90.7 Å². The number of allylic oxidation sites excluding steroid dienone is 2. The third-order valence-corrected chi connectivity index (χ3v) is 24.6. The molecule has 0 saturated carbocycles. The fraction of sp³-hybridized carbons (Fsp3) is 0.311. The number of benzene rings is 1. The van der Waals surface area contributed by atoms with Gasteiger partial charge in [0.25, 0.3) is 5.56 Å². The summed E-state index contributed by atoms with van der Waals surface area (Å²) < 4.78 is 78.6. The smallest absolute Gasteiger partial charge is 0.349 e. The van der Waals surface area contributed by atoms with E-state index in [4.69, 9.17) is 56.8 Å². The summed E-state index contributed by atoms with van der Waals surface area (Å²) in [6.45, 7) is 5.95. The molecule has 27 heteroatoms. The van der Waals surface area contributed by atoms with Crippen molar-refractivity contribution in [1.29, 1.82) is 5.26 Å². The molecule has 2 atom stereocenters. The van der Waals surface area contributed by atoms with Crippen LogP contribution in [-0.4, -0.2) is 119 Å². The predicted octanol–water partition coefficient (Wildman–Crippen LogP) is 10.5. The SMILES string of the molecule is CCN1c2ccc(-c3sc(-c4sc(-c5sc(-c6sc(-c7sc(-c8sc(/C=c9\s/c(=C(\C#N)C(=O)O)n(CC(=O)O)c9=O)c9c8OCCO9)c8c7OCCO8)c7c6OCCO7)c6c5OCCO6)c5c4OCCO5)c4c3OCCO4)cc2CCC2C=CC=CC21. The number of likely N-dealkylation sites (N-methyl/N-ethyl adjacent to an activating group) is 1. The summed E-state index contributed by atoms with van der Waals surface area (Å²) in [6, 6.07) is 8.75. The lowest BCUT2D eigenvalue weighted by atomic mass is 9.90. The Labute approximate surface area is 527 Å². The van der Waals surface area contributed by atoms with Crippen LogP contribution in [0.5, 0.6) is 69.0 Å². The first-order valence-corrected chi connectivity index (χ1v) is 34.0. The van der Waals surface area contributed by atoms with Crippen LogP contribution in [-0.2, 0) is 22.6 Å². The van der Waals surface area contributed by atoms with Crippen LogP contribution in [0.4, 0.5) is 5.69 Å². The molecule has 0 fully saturated rings. The van der Waals surface area contributed by atoms with Crippen molar-refractivity contribution in [2.24, 2.45) is 5.92 Å². The highest BCUT2D eigenvalue weighted by atomic mass is 32.1. The minimum absolute atomic E-state index is 0.0135. The second kappa shape index (κ2) is 22.2. The van der Waals surface area contributed by atoms with Crippen molar-refractivity contribution in [3.63, 3.8) is 0 Å². The third kappa shape index (κ3) is 8.95. The highest BCUT2D eigenvalue weighted by molar-refractivity contribution is 7.32. The number of ether oxygens (including phenoxy) is 12. The number of carbonyl (C=O) groups is 2. The first kappa shape index (κ1) is 55.2. The number of anilines is 1. The molecule has 20 nitrogen and oxygen atoms in total. The lowest BCUT2D eigenvalue weighted by Crippen LogP contribution is -2.38. The number of hydrogen-bond donors (Lipinski definition) is 2. The summed E-state index contributed by atoms with van der Waals surface area (Å²) in [7, 11) is 0. The van der Waals surface area contributed by atoms with Gasteiger partial charge in [-0.2, -0.15) is 5.26 Å². The van der Waals surface area contributed by atoms with E-state index < -0.39 is 29.6 Å². The van der Waals surface area contributed by atoms with Gasteiger partial charge in [-0.25, -0.2) is 4.79 Å². The number of thiophene rings is 6. The first-order chi connectivity index (χ1) is 43.1. The number of fused-ring (bicyclic) bond motifs is 8. The molecule has 0 amide bonds. The molecule has 0 spiro atoms. The highest BCUT2D eigenvalue weighted by Crippen LogP contribution is 2.69. The Balaban J connectivity index is 0.799. The van der Waals surface area contributed by atoms with Gasteiger partial charge in [-0.3, -0.25) is 14.2 Å². The minimum atomic E-state index is -1.60. The second-order valence-corrected chi connectivity index (χ2v) is 28.0. The normalized spacial score (nSPS) is 18.7. The van der Waals surface area contributed by atoms with Crippen LogP contribution in [0.2, 0.25) is 0 Å². The molecule has 1 aliphatic carbocycles. The van der Waals surface area contributed by atoms with Crippen LogP contribution in [0, 0.1) is 17.2 Å². The monoisotopic (exact) mass is 1320 g/mol. The van der Waals surface area contributed by atoms with Crippen LogP contribution in [0.3, 0.4) is 0 Å². The topological polar surface area (TPSA) is 234 Å². The molecular weight excluding hydrogens is 1270 g/mol. The Kier molecular flexibility index (Phi) is 13.9. The Morgan fingerprint density at radius 1 is 0.557 bits per heavy atom. The fourth-order valence-corrected chi connectivity index (χ4v) is 21.0. The van der Waals surface area contributed by atoms with Crippen molar-refractivity contribution in [3.05, 3.63) is 72.5 Å². The van der Waals surface area contributed by atoms with Crippen LogP contribution in [0.25, 0.3) is 70.9 Å². The van der Waals surface area contributed by atoms with Crippen molar-refractivity contribution < 1.29 is 76.6 Å². The molecule has 16 rings (SSSR count). The van der Waals surface area contributed by atoms with E-state index in [2.05, 4.69) is 54.3 Å². The molecule has 450 valence electrons. The summed E-state index contributed by atoms with van der Waals surface area (Å²) in [6.07, 6.45) is 12.5. The lowest BCUT2D eigenvalue weighted by Gasteiger charge is -2.35. The number of aromatic nitrogens is 1. The molecule has 0 radical (unpaired) electrons. The zero-order valence-corrected chi connectivity index (χ0v) is 52.0. The summed E-state index contributed by atoms with van der Waals surface area (Å²) in [5.74, 6) is 4.00. The quantitative estimate of drug-likeness (QED) is 0.122. The van der Waals surface area contributed by atoms with Crippen molar-refractivity contribution in [2.45, 2.75) is 32.4 Å². The largest absolute Gasteiger partial charge is 0.485 e. The molecular formula is C61H47N3O17S7. The number of nitriles is 1. The molecule has 0 bridgehead atoms. The summed E-state index contributed by atoms with van der Waals surface area (Å²) >= 11 is 9.51. The average Bonchev–Trinajstić information content (AvgIpc) is 1.73. The Hall–Kier alpha value is -8.10. The first-order valence-electron chi connectivity index (χ1n) is 28.3. The van der Waals surface area contributed by atoms with Gasteiger partial charge in [-0.1, -0.05) is 30.4 Å². The minimum Gasteiger partial charge on any atom is -0.485 e. The van der Waals surface area contributed by atoms with E-state index >= 15 is 0 Å². The lowest BCUT2D eigenvalue weighted by molar-refractivity contribution is -0.138. The molecule has 8 aliphatic rings. The van der Waals surface area contributed by atoms with Crippen LogP contribution >= 0.6 is 79.4 Å². The van der Waals surface area contributed by atoms with Gasteiger partial charge in [0, 0.05) is 18.2 Å². The van der Waals surface area contributed by atoms with Gasteiger partial charge in [-0.05, 0) is 49.1 Å². The standard InChI is InChI=1S/C61H47N3O17S7/c1-2-63-31-6-4-3-5-27(31)7-8-28-23-29(9-10-32(28)63)48-38-39(73-14-13-72-38)51(84-48)52-42-43(77-18-17-76-42)55(86-52)56-46-47(81-22-21-80-46)58(88-56)57-45-44(78-19-20-79-45)54(87-57)53-41-40(74-15-16-75-41)50(85-53)49-37-36(70-11-12-71-37)33(82-49)24-34-59(67)64(26-35(65)66)60(83-34)30(25-62)61(68)69/h3-6,9-10,23-24,27,31H,2,7-8,11-22,26H2,1H3,(H,65,66)(H,68,69)/b34-24-,60-30+. The maximum atomic E-state index is 13.8. The Morgan fingerprint density at radius 2 is 0.955 bits per heavy atom. The maximum Gasteiger partial charge on any atom is 0.349 e. The zero-order valence-electron chi connectivity index (χ0n) is 46.3. The molecule has 8 aromatic rings. The summed E-state index contributed by atoms with van der Waals surface area (Å²) in [5.41, 5.74) is 2.11. The van der Waals surface area contributed by atoms with E-state index in [1.54, 1.807) is 28.7 Å². The number of nitrogens with zero attached hydrogens (tertiary/aromatic N) is 3. The molecule has 7 aromatic heterocycles. The molecule has 1 aromatic carbocycles. The number of carboxylic acid groups (broad SMARTS) is 2.